The minimum absolute atomic E-state index is 0.0257. The van der Waals surface area contributed by atoms with E-state index in [1.54, 1.807) is 0 Å². The van der Waals surface area contributed by atoms with E-state index in [9.17, 15) is 50.8 Å². The van der Waals surface area contributed by atoms with Crippen molar-refractivity contribution in [2.75, 3.05) is 13.7 Å². The highest BCUT2D eigenvalue weighted by molar-refractivity contribution is 5.88. The lowest BCUT2D eigenvalue weighted by Gasteiger charge is -2.39. The van der Waals surface area contributed by atoms with Gasteiger partial charge in [0.15, 0.2) is 17.3 Å². The molecular weight excluding hydrogens is 592 g/mol. The van der Waals surface area contributed by atoms with Crippen LogP contribution in [0.4, 0.5) is 0 Å². The average Bonchev–Trinajstić information content (AvgIpc) is 3.00. The molecule has 2 aliphatic rings. The Balaban J connectivity index is 1.62. The van der Waals surface area contributed by atoms with Crippen LogP contribution in [0, 0.1) is 0 Å². The molecule has 3 heterocycles. The van der Waals surface area contributed by atoms with E-state index in [1.165, 1.54) is 38.3 Å². The summed E-state index contributed by atoms with van der Waals surface area (Å²) in [6, 6.07) is 6.03. The number of aliphatic hydroxyl groups is 7. The Morgan fingerprint density at radius 3 is 2.11 bits per heavy atom. The molecule has 0 saturated carbocycles. The number of aliphatic hydroxyl groups excluding tert-OH is 7. The molecule has 2 saturated heterocycles. The molecule has 2 unspecified atom stereocenters. The standard InChI is InChI=1S/C28H32O16/c1-9-18(32)21(35)23(37)27(40-9)41-11-6-13(31)17-15(7-11)42-25(10-3-4-12(30)14(5-10)39-2)26(20(17)34)44-28-24(38)22(36)19(33)16(8-29)43-28/h3-7,9,16,18-19,21-24,27-33,35-38H,8H2,1-2H3/t9-,16-,18-,19-,21+,22+,23+,24-,27?,28?/m1/s1. The number of phenolic OH excluding ortho intramolecular Hbond substituents is 2. The fraction of sp³-hybridized carbons (Fsp3) is 0.464. The van der Waals surface area contributed by atoms with E-state index in [2.05, 4.69) is 0 Å². The van der Waals surface area contributed by atoms with E-state index in [1.807, 2.05) is 0 Å². The van der Waals surface area contributed by atoms with Gasteiger partial charge in [-0.05, 0) is 25.1 Å². The third kappa shape index (κ3) is 5.63. The number of hydrogen-bond acceptors (Lipinski definition) is 16. The highest BCUT2D eigenvalue weighted by Crippen LogP contribution is 2.40. The van der Waals surface area contributed by atoms with Crippen molar-refractivity contribution in [3.8, 4) is 40.1 Å². The Morgan fingerprint density at radius 1 is 0.795 bits per heavy atom. The fourth-order valence-electron chi connectivity index (χ4n) is 4.97. The lowest BCUT2D eigenvalue weighted by Crippen LogP contribution is -2.60. The molecule has 0 amide bonds. The maximum absolute atomic E-state index is 13.8. The van der Waals surface area contributed by atoms with Gasteiger partial charge < -0.3 is 74.1 Å². The molecule has 0 bridgehead atoms. The van der Waals surface area contributed by atoms with Gasteiger partial charge in [0.05, 0.1) is 19.8 Å². The van der Waals surface area contributed by atoms with Gasteiger partial charge in [-0.3, -0.25) is 4.79 Å². The summed E-state index contributed by atoms with van der Waals surface area (Å²) in [6.45, 7) is 0.680. The highest BCUT2D eigenvalue weighted by Gasteiger charge is 2.46. The molecule has 9 N–H and O–H groups in total. The van der Waals surface area contributed by atoms with E-state index in [4.69, 9.17) is 28.1 Å². The molecule has 44 heavy (non-hydrogen) atoms. The SMILES string of the molecule is COc1cc(-c2oc3cc(OC4O[C@H](C)[C@@H](O)[C@H](O)[C@@H]4O)cc(O)c3c(=O)c2OC2O[C@H](CO)[C@@H](O)[C@H](O)[C@H]2O)ccc1O. The van der Waals surface area contributed by atoms with Crippen LogP contribution in [-0.2, 0) is 9.47 Å². The molecule has 3 aromatic rings. The molecule has 2 aliphatic heterocycles. The summed E-state index contributed by atoms with van der Waals surface area (Å²) in [5, 5.41) is 91.4. The summed E-state index contributed by atoms with van der Waals surface area (Å²) >= 11 is 0. The average molecular weight is 625 g/mol. The van der Waals surface area contributed by atoms with Crippen LogP contribution < -0.4 is 19.6 Å². The van der Waals surface area contributed by atoms with Gasteiger partial charge in [-0.2, -0.15) is 0 Å². The fourth-order valence-corrected chi connectivity index (χ4v) is 4.97. The van der Waals surface area contributed by atoms with Gasteiger partial charge in [-0.15, -0.1) is 0 Å². The molecule has 16 heteroatoms. The zero-order valence-corrected chi connectivity index (χ0v) is 23.3. The zero-order valence-electron chi connectivity index (χ0n) is 23.3. The van der Waals surface area contributed by atoms with E-state index in [-0.39, 0.29) is 34.2 Å². The predicted molar refractivity (Wildman–Crippen MR) is 145 cm³/mol. The molecular formula is C28H32O16. The number of fused-ring (bicyclic) bond motifs is 1. The first-order chi connectivity index (χ1) is 20.9. The first kappa shape index (κ1) is 31.7. The summed E-state index contributed by atoms with van der Waals surface area (Å²) < 4.78 is 33.3. The van der Waals surface area contributed by atoms with Gasteiger partial charge in [0.1, 0.15) is 65.2 Å². The summed E-state index contributed by atoms with van der Waals surface area (Å²) in [7, 11) is 1.28. The molecule has 2 fully saturated rings. The van der Waals surface area contributed by atoms with Crippen molar-refractivity contribution in [2.45, 2.75) is 68.3 Å². The Kier molecular flexibility index (Phi) is 8.90. The number of hydrogen-bond donors (Lipinski definition) is 9. The van der Waals surface area contributed by atoms with Crippen molar-refractivity contribution in [3.05, 3.63) is 40.6 Å². The Bertz CT molecular complexity index is 1550. The number of rotatable bonds is 7. The minimum atomic E-state index is -1.90. The zero-order chi connectivity index (χ0) is 32.0. The van der Waals surface area contributed by atoms with Gasteiger partial charge in [0, 0.05) is 17.7 Å². The van der Waals surface area contributed by atoms with Crippen molar-refractivity contribution in [3.63, 3.8) is 0 Å². The Hall–Kier alpha value is -3.71. The van der Waals surface area contributed by atoms with Crippen LogP contribution in [0.5, 0.6) is 28.7 Å². The lowest BCUT2D eigenvalue weighted by atomic mass is 9.99. The van der Waals surface area contributed by atoms with Crippen LogP contribution in [0.2, 0.25) is 0 Å². The number of phenols is 2. The summed E-state index contributed by atoms with van der Waals surface area (Å²) in [5.41, 5.74) is -1.16. The third-order valence-electron chi connectivity index (χ3n) is 7.49. The smallest absolute Gasteiger partial charge is 0.239 e. The van der Waals surface area contributed by atoms with Crippen molar-refractivity contribution in [1.82, 2.24) is 0 Å². The second-order valence-electron chi connectivity index (χ2n) is 10.4. The van der Waals surface area contributed by atoms with Crippen LogP contribution in [-0.4, -0.2) is 121 Å². The summed E-state index contributed by atoms with van der Waals surface area (Å²) in [6.07, 6.45) is -15.7. The number of benzene rings is 2. The van der Waals surface area contributed by atoms with E-state index < -0.39 is 90.3 Å². The van der Waals surface area contributed by atoms with Gasteiger partial charge in [0.25, 0.3) is 0 Å². The van der Waals surface area contributed by atoms with Crippen molar-refractivity contribution in [2.24, 2.45) is 0 Å². The summed E-state index contributed by atoms with van der Waals surface area (Å²) in [5.74, 6) is -2.08. The number of ether oxygens (including phenoxy) is 5. The molecule has 16 nitrogen and oxygen atoms in total. The molecule has 240 valence electrons. The van der Waals surface area contributed by atoms with Gasteiger partial charge in [0.2, 0.25) is 23.8 Å². The minimum Gasteiger partial charge on any atom is -0.507 e. The van der Waals surface area contributed by atoms with E-state index >= 15 is 0 Å². The molecule has 0 spiro atoms. The van der Waals surface area contributed by atoms with Gasteiger partial charge in [-0.1, -0.05) is 0 Å². The van der Waals surface area contributed by atoms with E-state index in [0.717, 1.165) is 6.07 Å². The molecule has 5 rings (SSSR count). The monoisotopic (exact) mass is 624 g/mol. The first-order valence-electron chi connectivity index (χ1n) is 13.4. The maximum Gasteiger partial charge on any atom is 0.239 e. The van der Waals surface area contributed by atoms with Crippen molar-refractivity contribution < 1.29 is 74.1 Å². The lowest BCUT2D eigenvalue weighted by molar-refractivity contribution is -0.277. The quantitative estimate of drug-likeness (QED) is 0.141. The molecule has 10 atom stereocenters. The van der Waals surface area contributed by atoms with Crippen molar-refractivity contribution in [1.29, 1.82) is 0 Å². The van der Waals surface area contributed by atoms with Crippen LogP contribution in [0.25, 0.3) is 22.3 Å². The van der Waals surface area contributed by atoms with Crippen LogP contribution in [0.3, 0.4) is 0 Å². The van der Waals surface area contributed by atoms with E-state index in [0.29, 0.717) is 0 Å². The number of aromatic hydroxyl groups is 2. The second kappa shape index (κ2) is 12.4. The molecule has 1 aromatic heterocycles. The third-order valence-corrected chi connectivity index (χ3v) is 7.49. The summed E-state index contributed by atoms with van der Waals surface area (Å²) in [4.78, 5) is 13.8. The van der Waals surface area contributed by atoms with Crippen LogP contribution in [0.1, 0.15) is 6.92 Å². The van der Waals surface area contributed by atoms with Crippen LogP contribution >= 0.6 is 0 Å². The molecule has 2 aromatic carbocycles. The number of methoxy groups -OCH3 is 1. The van der Waals surface area contributed by atoms with Gasteiger partial charge >= 0.3 is 0 Å². The predicted octanol–water partition coefficient (Wildman–Crippen LogP) is -1.74. The first-order valence-corrected chi connectivity index (χ1v) is 13.4. The normalized spacial score (nSPS) is 32.4. The second-order valence-corrected chi connectivity index (χ2v) is 10.4. The topological polar surface area (TPSA) is 258 Å². The van der Waals surface area contributed by atoms with Crippen LogP contribution in [0.15, 0.2) is 39.5 Å². The van der Waals surface area contributed by atoms with Gasteiger partial charge in [-0.25, -0.2) is 0 Å². The van der Waals surface area contributed by atoms with Crippen molar-refractivity contribution >= 4 is 11.0 Å². The highest BCUT2D eigenvalue weighted by atomic mass is 16.7. The molecule has 0 aliphatic carbocycles. The largest absolute Gasteiger partial charge is 0.507 e. The Labute approximate surface area is 248 Å². The molecule has 0 radical (unpaired) electrons. The Morgan fingerprint density at radius 2 is 1.45 bits per heavy atom. The maximum atomic E-state index is 13.8.